The first-order chi connectivity index (χ1) is 6.80. The van der Waals surface area contributed by atoms with E-state index in [0.717, 1.165) is 31.0 Å². The third kappa shape index (κ3) is 2.02. The zero-order valence-corrected chi connectivity index (χ0v) is 10.2. The Morgan fingerprint density at radius 1 is 1.00 bits per heavy atom. The van der Waals surface area contributed by atoms with Gasteiger partial charge in [0.1, 0.15) is 26.6 Å². The second-order valence-electron chi connectivity index (χ2n) is 4.75. The highest BCUT2D eigenvalue weighted by molar-refractivity contribution is 6.25. The van der Waals surface area contributed by atoms with Gasteiger partial charge in [0.25, 0.3) is 0 Å². The lowest BCUT2D eigenvalue weighted by Gasteiger charge is -2.60. The molecule has 4 bridgehead atoms. The highest BCUT2D eigenvalue weighted by Crippen LogP contribution is 2.28. The minimum atomic E-state index is 0. The smallest absolute Gasteiger partial charge is 0.139 e. The summed E-state index contributed by atoms with van der Waals surface area (Å²) in [7, 11) is 0. The molecule has 0 aromatic heterocycles. The van der Waals surface area contributed by atoms with E-state index in [1.54, 1.807) is 5.54 Å². The van der Waals surface area contributed by atoms with Crippen molar-refractivity contribution in [2.75, 3.05) is 46.6 Å². The van der Waals surface area contributed by atoms with E-state index in [0.29, 0.717) is 0 Å². The molecular formula is C9H16Cl2N4. The second kappa shape index (κ2) is 4.20. The maximum Gasteiger partial charge on any atom is 0.139 e. The first-order valence-electron chi connectivity index (χ1n) is 5.07. The molecule has 0 aromatic carbocycles. The molecule has 4 saturated heterocycles. The molecule has 0 N–H and O–H groups in total. The van der Waals surface area contributed by atoms with Crippen LogP contribution in [0.4, 0.5) is 0 Å². The Kier molecular flexibility index (Phi) is 3.26. The average Bonchev–Trinajstić information content (AvgIpc) is 2.12. The predicted octanol–water partition coefficient (Wildman–Crippen LogP) is -2.75. The number of nitrogens with zero attached hydrogens (tertiary/aromatic N) is 4. The number of hydrogen-bond donors (Lipinski definition) is 0. The number of quaternary nitrogens is 1. The molecule has 0 amide bonds. The van der Waals surface area contributed by atoms with Crippen molar-refractivity contribution in [2.24, 2.45) is 0 Å². The molecule has 4 fully saturated rings. The molecule has 4 aliphatic heterocycles. The van der Waals surface area contributed by atoms with Crippen molar-refractivity contribution in [1.82, 2.24) is 14.7 Å². The van der Waals surface area contributed by atoms with Crippen molar-refractivity contribution in [1.29, 1.82) is 0 Å². The number of rotatable bonds is 2. The van der Waals surface area contributed by atoms with Crippen molar-refractivity contribution in [3.8, 4) is 0 Å². The second-order valence-corrected chi connectivity index (χ2v) is 5.00. The summed E-state index contributed by atoms with van der Waals surface area (Å²) < 4.78 is 1.14. The standard InChI is InChI=1S/C9H16ClN4.ClH/c10-2-1-3-14-7-11-4-12(8-14)6-13(5-11)9-14;/h1-2H,3-9H2;1H/q+1;/p-1. The van der Waals surface area contributed by atoms with E-state index in [9.17, 15) is 0 Å². The summed E-state index contributed by atoms with van der Waals surface area (Å²) in [6.45, 7) is 8.09. The molecule has 0 aliphatic carbocycles. The molecule has 4 heterocycles. The van der Waals surface area contributed by atoms with Gasteiger partial charge < -0.3 is 12.4 Å². The Balaban J connectivity index is 0.000000853. The Labute approximate surface area is 102 Å². The van der Waals surface area contributed by atoms with Gasteiger partial charge in [-0.25, -0.2) is 14.7 Å². The summed E-state index contributed by atoms with van der Waals surface area (Å²) in [5.74, 6) is 0. The monoisotopic (exact) mass is 250 g/mol. The fourth-order valence-electron chi connectivity index (χ4n) is 3.09. The Morgan fingerprint density at radius 3 is 1.87 bits per heavy atom. The molecule has 0 spiro atoms. The molecule has 4 aliphatic rings. The lowest BCUT2D eigenvalue weighted by molar-refractivity contribution is -0.975. The van der Waals surface area contributed by atoms with Crippen molar-refractivity contribution < 1.29 is 16.9 Å². The van der Waals surface area contributed by atoms with Crippen LogP contribution in [0.3, 0.4) is 0 Å². The van der Waals surface area contributed by atoms with Gasteiger partial charge >= 0.3 is 0 Å². The lowest BCUT2D eigenvalue weighted by Crippen LogP contribution is -3.00. The summed E-state index contributed by atoms with van der Waals surface area (Å²) >= 11 is 5.61. The van der Waals surface area contributed by atoms with Gasteiger partial charge in [0.2, 0.25) is 0 Å². The van der Waals surface area contributed by atoms with E-state index in [4.69, 9.17) is 11.6 Å². The quantitative estimate of drug-likeness (QED) is 0.493. The molecule has 15 heavy (non-hydrogen) atoms. The zero-order valence-electron chi connectivity index (χ0n) is 8.65. The Morgan fingerprint density at radius 2 is 1.47 bits per heavy atom. The molecule has 0 aromatic rings. The highest BCUT2D eigenvalue weighted by atomic mass is 35.5. The maximum absolute atomic E-state index is 5.61. The van der Waals surface area contributed by atoms with Gasteiger partial charge in [0, 0.05) is 5.54 Å². The highest BCUT2D eigenvalue weighted by Gasteiger charge is 2.47. The third-order valence-electron chi connectivity index (χ3n) is 3.28. The van der Waals surface area contributed by atoms with Crippen LogP contribution in [0.5, 0.6) is 0 Å². The van der Waals surface area contributed by atoms with Crippen LogP contribution in [-0.4, -0.2) is 65.7 Å². The molecule has 0 radical (unpaired) electrons. The lowest BCUT2D eigenvalue weighted by atomic mass is 10.3. The van der Waals surface area contributed by atoms with E-state index < -0.39 is 0 Å². The molecule has 0 unspecified atom stereocenters. The Hall–Kier alpha value is 0.160. The fraction of sp³-hybridized carbons (Fsp3) is 0.778. The summed E-state index contributed by atoms with van der Waals surface area (Å²) in [6.07, 6.45) is 2.08. The van der Waals surface area contributed by atoms with Crippen molar-refractivity contribution >= 4 is 11.6 Å². The zero-order chi connectivity index (χ0) is 9.60. The van der Waals surface area contributed by atoms with Crippen LogP contribution in [0.15, 0.2) is 11.6 Å². The normalized spacial score (nSPS) is 47.1. The van der Waals surface area contributed by atoms with Crippen LogP contribution >= 0.6 is 11.6 Å². The molecule has 0 atom stereocenters. The summed E-state index contributed by atoms with van der Waals surface area (Å²) in [4.78, 5) is 7.54. The van der Waals surface area contributed by atoms with E-state index >= 15 is 0 Å². The van der Waals surface area contributed by atoms with Gasteiger partial charge in [0.15, 0.2) is 0 Å². The largest absolute Gasteiger partial charge is 1.00 e. The van der Waals surface area contributed by atoms with Crippen molar-refractivity contribution in [2.45, 2.75) is 0 Å². The molecule has 86 valence electrons. The van der Waals surface area contributed by atoms with Crippen LogP contribution in [0.2, 0.25) is 0 Å². The average molecular weight is 251 g/mol. The minimum absolute atomic E-state index is 0. The fourth-order valence-corrected chi connectivity index (χ4v) is 3.17. The SMILES string of the molecule is ClC=CC[N+]12CN3CN(CN(C3)C1)C2.[Cl-]. The topological polar surface area (TPSA) is 9.72 Å². The maximum atomic E-state index is 5.61. The minimum Gasteiger partial charge on any atom is -1.00 e. The summed E-state index contributed by atoms with van der Waals surface area (Å²) in [5, 5.41) is 0. The van der Waals surface area contributed by atoms with Gasteiger partial charge in [-0.3, -0.25) is 4.48 Å². The number of halogens is 2. The van der Waals surface area contributed by atoms with Gasteiger partial charge in [0.05, 0.1) is 20.0 Å². The van der Waals surface area contributed by atoms with E-state index in [-0.39, 0.29) is 12.4 Å². The van der Waals surface area contributed by atoms with Gasteiger partial charge in [-0.1, -0.05) is 11.6 Å². The van der Waals surface area contributed by atoms with Crippen molar-refractivity contribution in [3.05, 3.63) is 11.6 Å². The molecule has 4 rings (SSSR count). The Bertz CT molecular complexity index is 234. The van der Waals surface area contributed by atoms with Crippen LogP contribution in [0.25, 0.3) is 0 Å². The van der Waals surface area contributed by atoms with Gasteiger partial charge in [-0.2, -0.15) is 0 Å². The van der Waals surface area contributed by atoms with E-state index in [1.165, 1.54) is 20.0 Å². The molecular weight excluding hydrogens is 235 g/mol. The predicted molar refractivity (Wildman–Crippen MR) is 54.8 cm³/mol. The van der Waals surface area contributed by atoms with Crippen LogP contribution < -0.4 is 12.4 Å². The van der Waals surface area contributed by atoms with Gasteiger partial charge in [-0.05, 0) is 6.08 Å². The van der Waals surface area contributed by atoms with E-state index in [1.807, 2.05) is 0 Å². The van der Waals surface area contributed by atoms with Crippen LogP contribution in [0, 0.1) is 0 Å². The molecule has 6 heteroatoms. The summed E-state index contributed by atoms with van der Waals surface area (Å²) in [6, 6.07) is 0. The first kappa shape index (κ1) is 11.6. The van der Waals surface area contributed by atoms with Crippen LogP contribution in [0.1, 0.15) is 0 Å². The van der Waals surface area contributed by atoms with E-state index in [2.05, 4.69) is 20.8 Å². The van der Waals surface area contributed by atoms with Gasteiger partial charge in [-0.15, -0.1) is 0 Å². The third-order valence-corrected chi connectivity index (χ3v) is 3.46. The van der Waals surface area contributed by atoms with Crippen molar-refractivity contribution in [3.63, 3.8) is 0 Å². The van der Waals surface area contributed by atoms with Crippen LogP contribution in [-0.2, 0) is 0 Å². The summed E-state index contributed by atoms with van der Waals surface area (Å²) in [5.41, 5.74) is 1.65. The first-order valence-corrected chi connectivity index (χ1v) is 5.51. The molecule has 4 nitrogen and oxygen atoms in total. The molecule has 0 saturated carbocycles. The number of hydrogen-bond acceptors (Lipinski definition) is 3.